The fraction of sp³-hybridized carbons (Fsp3) is 0.533. The van der Waals surface area contributed by atoms with E-state index in [0.717, 1.165) is 30.4 Å². The highest BCUT2D eigenvalue weighted by Gasteiger charge is 2.25. The summed E-state index contributed by atoms with van der Waals surface area (Å²) in [5, 5.41) is 1.04. The van der Waals surface area contributed by atoms with Crippen molar-refractivity contribution in [2.24, 2.45) is 5.92 Å². The van der Waals surface area contributed by atoms with Crippen LogP contribution in [-0.2, 0) is 11.2 Å². The quantitative estimate of drug-likeness (QED) is 0.782. The van der Waals surface area contributed by atoms with Gasteiger partial charge in [0.05, 0.1) is 6.42 Å². The van der Waals surface area contributed by atoms with Crippen LogP contribution >= 0.6 is 15.9 Å². The van der Waals surface area contributed by atoms with E-state index in [1.165, 1.54) is 12.0 Å². The van der Waals surface area contributed by atoms with Gasteiger partial charge in [-0.2, -0.15) is 0 Å². The van der Waals surface area contributed by atoms with Crippen molar-refractivity contribution in [2.75, 3.05) is 18.4 Å². The highest BCUT2D eigenvalue weighted by Crippen LogP contribution is 2.21. The Morgan fingerprint density at radius 1 is 1.50 bits per heavy atom. The monoisotopic (exact) mass is 309 g/mol. The minimum Gasteiger partial charge on any atom is -0.342 e. The van der Waals surface area contributed by atoms with Crippen LogP contribution in [0.25, 0.3) is 0 Å². The second-order valence-corrected chi connectivity index (χ2v) is 5.93. The molecule has 1 amide bonds. The molecule has 0 radical (unpaired) electrons. The van der Waals surface area contributed by atoms with Crippen LogP contribution in [-0.4, -0.2) is 29.2 Å². The molecule has 0 bridgehead atoms. The predicted octanol–water partition coefficient (Wildman–Crippen LogP) is 3.17. The molecule has 2 nitrogen and oxygen atoms in total. The number of hydrogen-bond donors (Lipinski definition) is 0. The lowest BCUT2D eigenvalue weighted by atomic mass is 10.1. The number of hydrogen-bond acceptors (Lipinski definition) is 1. The van der Waals surface area contributed by atoms with Crippen LogP contribution < -0.4 is 0 Å². The molecule has 0 spiro atoms. The van der Waals surface area contributed by atoms with E-state index in [-0.39, 0.29) is 5.91 Å². The second-order valence-electron chi connectivity index (χ2n) is 5.14. The molecule has 1 aromatic rings. The van der Waals surface area contributed by atoms with E-state index in [9.17, 15) is 4.79 Å². The van der Waals surface area contributed by atoms with E-state index in [1.54, 1.807) is 0 Å². The van der Waals surface area contributed by atoms with Crippen LogP contribution in [0.5, 0.6) is 0 Å². The van der Waals surface area contributed by atoms with Gasteiger partial charge in [0.25, 0.3) is 0 Å². The van der Waals surface area contributed by atoms with Crippen LogP contribution in [0.3, 0.4) is 0 Å². The average molecular weight is 310 g/mol. The van der Waals surface area contributed by atoms with Crippen molar-refractivity contribution in [2.45, 2.75) is 26.2 Å². The number of carbonyl (C=O) groups is 1. The van der Waals surface area contributed by atoms with Gasteiger partial charge in [-0.1, -0.05) is 45.8 Å². The maximum absolute atomic E-state index is 12.2. The van der Waals surface area contributed by atoms with Gasteiger partial charge < -0.3 is 4.90 Å². The van der Waals surface area contributed by atoms with Gasteiger partial charge in [0, 0.05) is 18.4 Å². The van der Waals surface area contributed by atoms with Gasteiger partial charge in [0.15, 0.2) is 0 Å². The summed E-state index contributed by atoms with van der Waals surface area (Å²) in [6.45, 7) is 3.94. The first-order valence-electron chi connectivity index (χ1n) is 6.58. The molecule has 1 unspecified atom stereocenters. The lowest BCUT2D eigenvalue weighted by Gasteiger charge is -2.16. The summed E-state index contributed by atoms with van der Waals surface area (Å²) < 4.78 is 0. The van der Waals surface area contributed by atoms with E-state index in [1.807, 2.05) is 17.0 Å². The molecule has 1 atom stereocenters. The number of aryl methyl sites for hydroxylation is 1. The molecule has 3 heteroatoms. The van der Waals surface area contributed by atoms with Crippen molar-refractivity contribution in [1.82, 2.24) is 4.90 Å². The minimum absolute atomic E-state index is 0.276. The summed E-state index contributed by atoms with van der Waals surface area (Å²) >= 11 is 3.47. The molecule has 2 rings (SSSR count). The minimum atomic E-state index is 0.276. The van der Waals surface area contributed by atoms with Gasteiger partial charge in [0.1, 0.15) is 0 Å². The van der Waals surface area contributed by atoms with Crippen molar-refractivity contribution in [1.29, 1.82) is 0 Å². The summed E-state index contributed by atoms with van der Waals surface area (Å²) in [4.78, 5) is 14.2. The van der Waals surface area contributed by atoms with Crippen LogP contribution in [0, 0.1) is 12.8 Å². The highest BCUT2D eigenvalue weighted by molar-refractivity contribution is 9.09. The van der Waals surface area contributed by atoms with E-state index in [0.29, 0.717) is 12.3 Å². The van der Waals surface area contributed by atoms with Crippen LogP contribution in [0.1, 0.15) is 24.0 Å². The Hall–Kier alpha value is -0.830. The van der Waals surface area contributed by atoms with E-state index in [4.69, 9.17) is 0 Å². The van der Waals surface area contributed by atoms with Gasteiger partial charge >= 0.3 is 0 Å². The SMILES string of the molecule is Cc1cccc(CC(=O)N2CCC(CCBr)C2)c1. The van der Waals surface area contributed by atoms with Gasteiger partial charge in [-0.15, -0.1) is 0 Å². The van der Waals surface area contributed by atoms with Gasteiger partial charge in [0.2, 0.25) is 5.91 Å². The molecular formula is C15H20BrNO. The number of amides is 1. The molecule has 1 aliphatic heterocycles. The fourth-order valence-corrected chi connectivity index (χ4v) is 3.21. The van der Waals surface area contributed by atoms with Crippen LogP contribution in [0.4, 0.5) is 0 Å². The highest BCUT2D eigenvalue weighted by atomic mass is 79.9. The number of nitrogens with zero attached hydrogens (tertiary/aromatic N) is 1. The van der Waals surface area contributed by atoms with E-state index >= 15 is 0 Å². The topological polar surface area (TPSA) is 20.3 Å². The lowest BCUT2D eigenvalue weighted by molar-refractivity contribution is -0.129. The number of halogens is 1. The molecule has 18 heavy (non-hydrogen) atoms. The molecule has 1 heterocycles. The first-order chi connectivity index (χ1) is 8.69. The zero-order valence-corrected chi connectivity index (χ0v) is 12.4. The molecule has 0 aliphatic carbocycles. The van der Waals surface area contributed by atoms with Gasteiger partial charge in [-0.25, -0.2) is 0 Å². The van der Waals surface area contributed by atoms with E-state index < -0.39 is 0 Å². The van der Waals surface area contributed by atoms with Crippen molar-refractivity contribution in [3.8, 4) is 0 Å². The van der Waals surface area contributed by atoms with E-state index in [2.05, 4.69) is 35.0 Å². The Bertz CT molecular complexity index is 419. The zero-order valence-electron chi connectivity index (χ0n) is 10.9. The Morgan fingerprint density at radius 3 is 3.06 bits per heavy atom. The van der Waals surface area contributed by atoms with Crippen LogP contribution in [0.15, 0.2) is 24.3 Å². The molecule has 1 fully saturated rings. The third-order valence-corrected chi connectivity index (χ3v) is 4.05. The second kappa shape index (κ2) is 6.37. The van der Waals surface area contributed by atoms with Crippen molar-refractivity contribution < 1.29 is 4.79 Å². The average Bonchev–Trinajstić information content (AvgIpc) is 2.78. The standard InChI is InChI=1S/C15H20BrNO/c1-12-3-2-4-14(9-12)10-15(18)17-8-6-13(11-17)5-7-16/h2-4,9,13H,5-8,10-11H2,1H3. The lowest BCUT2D eigenvalue weighted by Crippen LogP contribution is -2.30. The number of likely N-dealkylation sites (tertiary alicyclic amines) is 1. The first kappa shape index (κ1) is 13.6. The summed E-state index contributed by atoms with van der Waals surface area (Å²) in [5.74, 6) is 0.962. The largest absolute Gasteiger partial charge is 0.342 e. The van der Waals surface area contributed by atoms with Gasteiger partial charge in [-0.05, 0) is 31.2 Å². The Labute approximate surface area is 117 Å². The smallest absolute Gasteiger partial charge is 0.226 e. The zero-order chi connectivity index (χ0) is 13.0. The third kappa shape index (κ3) is 3.58. The third-order valence-electron chi connectivity index (χ3n) is 3.59. The number of rotatable bonds is 4. The van der Waals surface area contributed by atoms with Crippen molar-refractivity contribution in [3.63, 3.8) is 0 Å². The number of alkyl halides is 1. The molecular weight excluding hydrogens is 290 g/mol. The molecule has 1 aliphatic rings. The normalized spacial score (nSPS) is 19.2. The molecule has 0 saturated carbocycles. The van der Waals surface area contributed by atoms with Gasteiger partial charge in [-0.3, -0.25) is 4.79 Å². The summed E-state index contributed by atoms with van der Waals surface area (Å²) in [7, 11) is 0. The summed E-state index contributed by atoms with van der Waals surface area (Å²) in [6.07, 6.45) is 2.88. The number of benzene rings is 1. The summed E-state index contributed by atoms with van der Waals surface area (Å²) in [6, 6.07) is 8.23. The predicted molar refractivity (Wildman–Crippen MR) is 78.0 cm³/mol. The summed E-state index contributed by atoms with van der Waals surface area (Å²) in [5.41, 5.74) is 2.35. The molecule has 98 valence electrons. The van der Waals surface area contributed by atoms with Crippen molar-refractivity contribution in [3.05, 3.63) is 35.4 Å². The molecule has 1 saturated heterocycles. The fourth-order valence-electron chi connectivity index (χ4n) is 2.56. The maximum Gasteiger partial charge on any atom is 0.226 e. The molecule has 0 N–H and O–H groups in total. The number of carbonyl (C=O) groups excluding carboxylic acids is 1. The maximum atomic E-state index is 12.2. The molecule has 0 aromatic heterocycles. The Kier molecular flexibility index (Phi) is 4.81. The molecule has 1 aromatic carbocycles. The van der Waals surface area contributed by atoms with Crippen molar-refractivity contribution >= 4 is 21.8 Å². The first-order valence-corrected chi connectivity index (χ1v) is 7.70. The Balaban J connectivity index is 1.89. The Morgan fingerprint density at radius 2 is 2.33 bits per heavy atom. The van der Waals surface area contributed by atoms with Crippen LogP contribution in [0.2, 0.25) is 0 Å².